The zero-order valence-corrected chi connectivity index (χ0v) is 12.9. The molecule has 0 unspecified atom stereocenters. The number of amides is 1. The smallest absolute Gasteiger partial charge is 0.268 e. The minimum Gasteiger partial charge on any atom is -0.372 e. The summed E-state index contributed by atoms with van der Waals surface area (Å²) >= 11 is 0. The first-order valence-electron chi connectivity index (χ1n) is 7.88. The van der Waals surface area contributed by atoms with Crippen molar-refractivity contribution in [1.82, 2.24) is 4.98 Å². The van der Waals surface area contributed by atoms with E-state index < -0.39 is 5.60 Å². The van der Waals surface area contributed by atoms with Gasteiger partial charge in [0.05, 0.1) is 5.69 Å². The molecule has 0 bridgehead atoms. The van der Waals surface area contributed by atoms with Crippen molar-refractivity contribution in [3.63, 3.8) is 0 Å². The standard InChI is InChI=1S/C19H18N2O2/c1-2-11-21-17-10-6-4-8-14(17)19(23,18(21)22)15-12-20-16-9-5-3-7-13(15)16/h3-10,12,20,23H,2,11H2,1H3/t19-/m0/s1. The van der Waals surface area contributed by atoms with Crippen LogP contribution in [0.1, 0.15) is 24.5 Å². The fourth-order valence-corrected chi connectivity index (χ4v) is 3.51. The molecule has 0 radical (unpaired) electrons. The van der Waals surface area contributed by atoms with Gasteiger partial charge < -0.3 is 15.0 Å². The van der Waals surface area contributed by atoms with E-state index in [-0.39, 0.29) is 5.91 Å². The van der Waals surface area contributed by atoms with Crippen LogP contribution in [-0.2, 0) is 10.4 Å². The molecule has 23 heavy (non-hydrogen) atoms. The van der Waals surface area contributed by atoms with E-state index in [2.05, 4.69) is 4.98 Å². The molecule has 2 heterocycles. The molecule has 1 aliphatic rings. The Balaban J connectivity index is 1.98. The number of para-hydroxylation sites is 2. The zero-order chi connectivity index (χ0) is 16.0. The number of rotatable bonds is 3. The highest BCUT2D eigenvalue weighted by Gasteiger charge is 2.51. The van der Waals surface area contributed by atoms with E-state index in [1.54, 1.807) is 11.1 Å². The number of hydrogen-bond acceptors (Lipinski definition) is 2. The number of anilines is 1. The van der Waals surface area contributed by atoms with Crippen molar-refractivity contribution in [2.75, 3.05) is 11.4 Å². The molecule has 0 fully saturated rings. The number of nitrogens with zero attached hydrogens (tertiary/aromatic N) is 1. The van der Waals surface area contributed by atoms with Crippen molar-refractivity contribution < 1.29 is 9.90 Å². The molecule has 1 amide bonds. The van der Waals surface area contributed by atoms with E-state index in [1.807, 2.05) is 55.5 Å². The summed E-state index contributed by atoms with van der Waals surface area (Å²) in [4.78, 5) is 17.9. The fraction of sp³-hybridized carbons (Fsp3) is 0.211. The van der Waals surface area contributed by atoms with Crippen LogP contribution < -0.4 is 4.90 Å². The van der Waals surface area contributed by atoms with E-state index >= 15 is 0 Å². The summed E-state index contributed by atoms with van der Waals surface area (Å²) in [6.07, 6.45) is 2.58. The highest BCUT2D eigenvalue weighted by atomic mass is 16.3. The highest BCUT2D eigenvalue weighted by Crippen LogP contribution is 2.46. The Morgan fingerprint density at radius 2 is 1.83 bits per heavy atom. The van der Waals surface area contributed by atoms with Gasteiger partial charge in [-0.1, -0.05) is 43.3 Å². The van der Waals surface area contributed by atoms with Crippen molar-refractivity contribution in [1.29, 1.82) is 0 Å². The molecule has 2 N–H and O–H groups in total. The fourth-order valence-electron chi connectivity index (χ4n) is 3.51. The van der Waals surface area contributed by atoms with Crippen LogP contribution in [0.2, 0.25) is 0 Å². The molecule has 4 rings (SSSR count). The number of aromatic amines is 1. The van der Waals surface area contributed by atoms with Crippen LogP contribution >= 0.6 is 0 Å². The van der Waals surface area contributed by atoms with Crippen LogP contribution in [0.15, 0.2) is 54.7 Å². The minimum atomic E-state index is -1.63. The van der Waals surface area contributed by atoms with E-state index in [0.29, 0.717) is 17.7 Å². The predicted molar refractivity (Wildman–Crippen MR) is 90.4 cm³/mol. The number of aliphatic hydroxyl groups is 1. The largest absolute Gasteiger partial charge is 0.372 e. The molecule has 1 aromatic heterocycles. The minimum absolute atomic E-state index is 0.273. The van der Waals surface area contributed by atoms with Gasteiger partial charge in [0, 0.05) is 34.8 Å². The molecule has 1 atom stereocenters. The molecular weight excluding hydrogens is 288 g/mol. The molecule has 0 aliphatic carbocycles. The monoisotopic (exact) mass is 306 g/mol. The van der Waals surface area contributed by atoms with Gasteiger partial charge in [-0.3, -0.25) is 4.79 Å². The average Bonchev–Trinajstić information content (AvgIpc) is 3.10. The summed E-state index contributed by atoms with van der Waals surface area (Å²) in [5, 5.41) is 12.3. The van der Waals surface area contributed by atoms with E-state index in [0.717, 1.165) is 23.0 Å². The molecule has 3 aromatic rings. The van der Waals surface area contributed by atoms with Gasteiger partial charge in [0.25, 0.3) is 5.91 Å². The molecular formula is C19H18N2O2. The van der Waals surface area contributed by atoms with Crippen molar-refractivity contribution in [3.8, 4) is 0 Å². The molecule has 4 nitrogen and oxygen atoms in total. The van der Waals surface area contributed by atoms with E-state index in [9.17, 15) is 9.90 Å². The molecule has 0 saturated heterocycles. The lowest BCUT2D eigenvalue weighted by Gasteiger charge is -2.23. The van der Waals surface area contributed by atoms with Gasteiger partial charge >= 0.3 is 0 Å². The van der Waals surface area contributed by atoms with Gasteiger partial charge in [0.15, 0.2) is 5.60 Å². The van der Waals surface area contributed by atoms with Crippen molar-refractivity contribution in [2.45, 2.75) is 18.9 Å². The number of hydrogen-bond donors (Lipinski definition) is 2. The second-order valence-corrected chi connectivity index (χ2v) is 5.93. The maximum absolute atomic E-state index is 13.1. The predicted octanol–water partition coefficient (Wildman–Crippen LogP) is 3.16. The maximum Gasteiger partial charge on any atom is 0.268 e. The number of carbonyl (C=O) groups is 1. The summed E-state index contributed by atoms with van der Waals surface area (Å²) in [6.45, 7) is 2.62. The molecule has 116 valence electrons. The maximum atomic E-state index is 13.1. The lowest BCUT2D eigenvalue weighted by molar-refractivity contribution is -0.132. The van der Waals surface area contributed by atoms with E-state index in [1.165, 1.54) is 0 Å². The second kappa shape index (κ2) is 4.96. The third-order valence-corrected chi connectivity index (χ3v) is 4.57. The Morgan fingerprint density at radius 1 is 1.09 bits per heavy atom. The summed E-state index contributed by atoms with van der Waals surface area (Å²) in [5.74, 6) is -0.273. The van der Waals surface area contributed by atoms with Crippen LogP contribution in [-0.4, -0.2) is 22.5 Å². The molecule has 0 spiro atoms. The summed E-state index contributed by atoms with van der Waals surface area (Å²) in [7, 11) is 0. The van der Waals surface area contributed by atoms with Crippen LogP contribution in [0.4, 0.5) is 5.69 Å². The van der Waals surface area contributed by atoms with Gasteiger partial charge in [-0.05, 0) is 18.6 Å². The first kappa shape index (κ1) is 14.0. The Bertz CT molecular complexity index is 899. The first-order chi connectivity index (χ1) is 11.2. The second-order valence-electron chi connectivity index (χ2n) is 5.93. The van der Waals surface area contributed by atoms with Crippen molar-refractivity contribution in [2.24, 2.45) is 0 Å². The Hall–Kier alpha value is -2.59. The number of carbonyl (C=O) groups excluding carboxylic acids is 1. The normalized spacial score (nSPS) is 20.3. The Kier molecular flexibility index (Phi) is 3.03. The molecule has 0 saturated carbocycles. The number of benzene rings is 2. The molecule has 2 aromatic carbocycles. The Morgan fingerprint density at radius 3 is 2.65 bits per heavy atom. The number of fused-ring (bicyclic) bond motifs is 2. The molecule has 4 heteroatoms. The zero-order valence-electron chi connectivity index (χ0n) is 12.9. The number of nitrogens with one attached hydrogen (secondary N) is 1. The lowest BCUT2D eigenvalue weighted by Crippen LogP contribution is -2.41. The van der Waals surface area contributed by atoms with Gasteiger partial charge in [0.1, 0.15) is 0 Å². The van der Waals surface area contributed by atoms with Crippen LogP contribution in [0.25, 0.3) is 10.9 Å². The first-order valence-corrected chi connectivity index (χ1v) is 7.88. The lowest BCUT2D eigenvalue weighted by atomic mass is 9.87. The van der Waals surface area contributed by atoms with Crippen LogP contribution in [0.3, 0.4) is 0 Å². The average molecular weight is 306 g/mol. The van der Waals surface area contributed by atoms with E-state index in [4.69, 9.17) is 0 Å². The third-order valence-electron chi connectivity index (χ3n) is 4.57. The van der Waals surface area contributed by atoms with Gasteiger partial charge in [-0.25, -0.2) is 0 Å². The summed E-state index contributed by atoms with van der Waals surface area (Å²) in [5.41, 5.74) is 1.35. The number of H-pyrrole nitrogens is 1. The Labute approximate surface area is 134 Å². The topological polar surface area (TPSA) is 56.3 Å². The number of aromatic nitrogens is 1. The van der Waals surface area contributed by atoms with Crippen molar-refractivity contribution >= 4 is 22.5 Å². The van der Waals surface area contributed by atoms with Gasteiger partial charge in [-0.15, -0.1) is 0 Å². The highest BCUT2D eigenvalue weighted by molar-refractivity contribution is 6.11. The van der Waals surface area contributed by atoms with Gasteiger partial charge in [0.2, 0.25) is 0 Å². The van der Waals surface area contributed by atoms with Crippen LogP contribution in [0, 0.1) is 0 Å². The quantitative estimate of drug-likeness (QED) is 0.781. The summed E-state index contributed by atoms with van der Waals surface area (Å²) in [6, 6.07) is 15.2. The van der Waals surface area contributed by atoms with Crippen molar-refractivity contribution in [3.05, 3.63) is 65.9 Å². The van der Waals surface area contributed by atoms with Gasteiger partial charge in [-0.2, -0.15) is 0 Å². The molecule has 1 aliphatic heterocycles. The summed E-state index contributed by atoms with van der Waals surface area (Å²) < 4.78 is 0. The third kappa shape index (κ3) is 1.79. The SMILES string of the molecule is CCCN1C(=O)[C@@](O)(c2c[nH]c3ccccc23)c2ccccc21. The van der Waals surface area contributed by atoms with Crippen LogP contribution in [0.5, 0.6) is 0 Å².